The lowest BCUT2D eigenvalue weighted by Crippen LogP contribution is -2.14. The molecule has 1 aromatic carbocycles. The number of hydrogen-bond donors (Lipinski definition) is 2. The van der Waals surface area contributed by atoms with Gasteiger partial charge in [-0.3, -0.25) is 0 Å². The van der Waals surface area contributed by atoms with Crippen molar-refractivity contribution in [2.45, 2.75) is 72.1 Å². The predicted molar refractivity (Wildman–Crippen MR) is 96.0 cm³/mol. The topological polar surface area (TPSA) is 74.6 Å². The Kier molecular flexibility index (Phi) is 8.51. The largest absolute Gasteiger partial charge is 0.478 e. The fourth-order valence-electron chi connectivity index (χ4n) is 3.28. The molecule has 0 bridgehead atoms. The third kappa shape index (κ3) is 5.66. The molecule has 0 aliphatic carbocycles. The summed E-state index contributed by atoms with van der Waals surface area (Å²) in [6.45, 7) is 6.34. The molecule has 1 unspecified atom stereocenters. The van der Waals surface area contributed by atoms with E-state index in [1.807, 2.05) is 0 Å². The normalized spacial score (nSPS) is 12.1. The summed E-state index contributed by atoms with van der Waals surface area (Å²) < 4.78 is 0. The summed E-state index contributed by atoms with van der Waals surface area (Å²) in [7, 11) is 0. The molecule has 0 aliphatic rings. The molecule has 0 aliphatic heterocycles. The summed E-state index contributed by atoms with van der Waals surface area (Å²) >= 11 is 0. The van der Waals surface area contributed by atoms with Crippen molar-refractivity contribution in [1.82, 2.24) is 0 Å². The number of carbonyl (C=O) groups is 2. The van der Waals surface area contributed by atoms with Gasteiger partial charge in [0, 0.05) is 0 Å². The fourth-order valence-corrected chi connectivity index (χ4v) is 3.28. The van der Waals surface area contributed by atoms with Crippen molar-refractivity contribution in [3.63, 3.8) is 0 Å². The lowest BCUT2D eigenvalue weighted by molar-refractivity contribution is 0.0678. The molecule has 0 aromatic heterocycles. The third-order valence-electron chi connectivity index (χ3n) is 4.51. The monoisotopic (exact) mass is 334 g/mol. The maximum atomic E-state index is 11.6. The van der Waals surface area contributed by atoms with Crippen LogP contribution in [0.5, 0.6) is 0 Å². The van der Waals surface area contributed by atoms with Gasteiger partial charge in [0.05, 0.1) is 11.1 Å². The van der Waals surface area contributed by atoms with E-state index in [1.54, 1.807) is 0 Å². The Bertz CT molecular complexity index is 563. The van der Waals surface area contributed by atoms with Gasteiger partial charge in [0.15, 0.2) is 0 Å². The lowest BCUT2D eigenvalue weighted by Gasteiger charge is -2.19. The Morgan fingerprint density at radius 3 is 2.00 bits per heavy atom. The Morgan fingerprint density at radius 2 is 1.50 bits per heavy atom. The van der Waals surface area contributed by atoms with Crippen molar-refractivity contribution in [2.24, 2.45) is 5.92 Å². The van der Waals surface area contributed by atoms with Gasteiger partial charge in [-0.25, -0.2) is 9.59 Å². The van der Waals surface area contributed by atoms with Crippen LogP contribution < -0.4 is 0 Å². The van der Waals surface area contributed by atoms with Crippen molar-refractivity contribution < 1.29 is 19.8 Å². The van der Waals surface area contributed by atoms with Crippen molar-refractivity contribution >= 4 is 11.9 Å². The second kappa shape index (κ2) is 10.1. The molecule has 134 valence electrons. The number of carboxylic acids is 2. The van der Waals surface area contributed by atoms with E-state index in [0.29, 0.717) is 18.8 Å². The van der Waals surface area contributed by atoms with Gasteiger partial charge >= 0.3 is 11.9 Å². The zero-order valence-corrected chi connectivity index (χ0v) is 15.1. The molecule has 0 saturated carbocycles. The van der Waals surface area contributed by atoms with Crippen LogP contribution in [0.3, 0.4) is 0 Å². The first-order valence-corrected chi connectivity index (χ1v) is 9.03. The van der Waals surface area contributed by atoms with Crippen molar-refractivity contribution in [3.8, 4) is 0 Å². The zero-order valence-electron chi connectivity index (χ0n) is 15.1. The SMILES string of the molecule is CCCCCCc1c(C(=O)O)ccc(C(=O)O)c1CC(C)CCC. The molecule has 0 amide bonds. The van der Waals surface area contributed by atoms with E-state index in [2.05, 4.69) is 20.8 Å². The number of unbranched alkanes of at least 4 members (excludes halogenated alkanes) is 3. The summed E-state index contributed by atoms with van der Waals surface area (Å²) in [6, 6.07) is 2.91. The van der Waals surface area contributed by atoms with Gasteiger partial charge < -0.3 is 10.2 Å². The van der Waals surface area contributed by atoms with Crippen LogP contribution in [-0.2, 0) is 12.8 Å². The number of benzene rings is 1. The molecule has 1 atom stereocenters. The standard InChI is InChI=1S/C20H30O4/c1-4-6-7-8-10-15-16(19(21)22)11-12-17(20(23)24)18(15)13-14(3)9-5-2/h11-12,14H,4-10,13H2,1-3H3,(H,21,22)(H,23,24). The summed E-state index contributed by atoms with van der Waals surface area (Å²) in [5.41, 5.74) is 1.96. The molecule has 1 aromatic rings. The fraction of sp³-hybridized carbons (Fsp3) is 0.600. The van der Waals surface area contributed by atoms with Crippen LogP contribution in [0.1, 0.15) is 91.1 Å². The van der Waals surface area contributed by atoms with Gasteiger partial charge in [0.25, 0.3) is 0 Å². The molecular weight excluding hydrogens is 304 g/mol. The van der Waals surface area contributed by atoms with E-state index in [4.69, 9.17) is 0 Å². The highest BCUT2D eigenvalue weighted by Gasteiger charge is 2.21. The van der Waals surface area contributed by atoms with Gasteiger partial charge in [0.2, 0.25) is 0 Å². The van der Waals surface area contributed by atoms with Crippen molar-refractivity contribution in [1.29, 1.82) is 0 Å². The first kappa shape index (κ1) is 20.2. The number of carboxylic acid groups (broad SMARTS) is 2. The molecule has 0 fully saturated rings. The van der Waals surface area contributed by atoms with Gasteiger partial charge in [-0.15, -0.1) is 0 Å². The highest BCUT2D eigenvalue weighted by atomic mass is 16.4. The molecule has 0 heterocycles. The van der Waals surface area contributed by atoms with Gasteiger partial charge in [-0.05, 0) is 48.4 Å². The van der Waals surface area contributed by atoms with Crippen molar-refractivity contribution in [3.05, 3.63) is 34.4 Å². The third-order valence-corrected chi connectivity index (χ3v) is 4.51. The van der Waals surface area contributed by atoms with Crippen LogP contribution in [0.15, 0.2) is 12.1 Å². The first-order valence-electron chi connectivity index (χ1n) is 9.03. The molecule has 24 heavy (non-hydrogen) atoms. The zero-order chi connectivity index (χ0) is 18.1. The van der Waals surface area contributed by atoms with E-state index in [9.17, 15) is 19.8 Å². The van der Waals surface area contributed by atoms with Crippen LogP contribution in [0, 0.1) is 5.92 Å². The Hall–Kier alpha value is -1.84. The van der Waals surface area contributed by atoms with E-state index >= 15 is 0 Å². The smallest absolute Gasteiger partial charge is 0.335 e. The van der Waals surface area contributed by atoms with Crippen molar-refractivity contribution in [2.75, 3.05) is 0 Å². The first-order chi connectivity index (χ1) is 11.4. The molecule has 0 spiro atoms. The molecule has 0 saturated heterocycles. The second-order valence-corrected chi connectivity index (χ2v) is 6.64. The summed E-state index contributed by atoms with van der Waals surface area (Å²) in [6.07, 6.45) is 7.46. The minimum atomic E-state index is -0.972. The number of aromatic carboxylic acids is 2. The Labute approximate surface area is 144 Å². The van der Waals surface area contributed by atoms with Gasteiger partial charge in [-0.2, -0.15) is 0 Å². The summed E-state index contributed by atoms with van der Waals surface area (Å²) in [4.78, 5) is 23.2. The maximum absolute atomic E-state index is 11.6. The lowest BCUT2D eigenvalue weighted by atomic mass is 9.86. The minimum Gasteiger partial charge on any atom is -0.478 e. The average molecular weight is 334 g/mol. The van der Waals surface area contributed by atoms with Crippen LogP contribution in [0.2, 0.25) is 0 Å². The highest BCUT2D eigenvalue weighted by Crippen LogP contribution is 2.26. The van der Waals surface area contributed by atoms with Crippen LogP contribution >= 0.6 is 0 Å². The van der Waals surface area contributed by atoms with Crippen LogP contribution in [0.4, 0.5) is 0 Å². The summed E-state index contributed by atoms with van der Waals surface area (Å²) in [5, 5.41) is 19.0. The molecular formula is C20H30O4. The molecule has 0 radical (unpaired) electrons. The molecule has 2 N–H and O–H groups in total. The van der Waals surface area contributed by atoms with E-state index in [0.717, 1.165) is 49.7 Å². The van der Waals surface area contributed by atoms with Crippen LogP contribution in [0.25, 0.3) is 0 Å². The van der Waals surface area contributed by atoms with E-state index < -0.39 is 11.9 Å². The molecule has 4 heteroatoms. The number of rotatable bonds is 11. The Morgan fingerprint density at radius 1 is 0.917 bits per heavy atom. The maximum Gasteiger partial charge on any atom is 0.335 e. The van der Waals surface area contributed by atoms with Gasteiger partial charge in [0.1, 0.15) is 0 Å². The highest BCUT2D eigenvalue weighted by molar-refractivity contribution is 5.95. The van der Waals surface area contributed by atoms with Gasteiger partial charge in [-0.1, -0.05) is 52.9 Å². The predicted octanol–water partition coefficient (Wildman–Crippen LogP) is 5.18. The quantitative estimate of drug-likeness (QED) is 0.546. The second-order valence-electron chi connectivity index (χ2n) is 6.64. The van der Waals surface area contributed by atoms with Crippen LogP contribution in [-0.4, -0.2) is 22.2 Å². The Balaban J connectivity index is 3.26. The minimum absolute atomic E-state index is 0.258. The summed E-state index contributed by atoms with van der Waals surface area (Å²) in [5.74, 6) is -1.60. The van der Waals surface area contributed by atoms with E-state index in [-0.39, 0.29) is 11.1 Å². The molecule has 1 rings (SSSR count). The number of hydrogen-bond acceptors (Lipinski definition) is 2. The van der Waals surface area contributed by atoms with E-state index in [1.165, 1.54) is 12.1 Å². The molecule has 4 nitrogen and oxygen atoms in total. The average Bonchev–Trinajstić information content (AvgIpc) is 2.51.